The number of hydrogen-bond donors (Lipinski definition) is 0. The number of carbonyl (C=O) groups is 2. The van der Waals surface area contributed by atoms with Crippen LogP contribution in [0, 0.1) is 0 Å². The summed E-state index contributed by atoms with van der Waals surface area (Å²) in [6, 6.07) is 9.49. The molecule has 1 heterocycles. The van der Waals surface area contributed by atoms with E-state index in [9.17, 15) is 9.59 Å². The lowest BCUT2D eigenvalue weighted by Crippen LogP contribution is -2.22. The Morgan fingerprint density at radius 3 is 2.54 bits per heavy atom. The number of hydrogen-bond acceptors (Lipinski definition) is 6. The van der Waals surface area contributed by atoms with Crippen LogP contribution < -0.4 is 0 Å². The minimum atomic E-state index is -1.23. The number of nitrogens with zero attached hydrogens (tertiary/aromatic N) is 2. The van der Waals surface area contributed by atoms with Crippen LogP contribution in [0.3, 0.4) is 0 Å². The first-order valence-corrected chi connectivity index (χ1v) is 8.45. The molecule has 1 atom stereocenters. The Hall–Kier alpha value is -2.25. The van der Waals surface area contributed by atoms with Crippen LogP contribution in [0.1, 0.15) is 35.9 Å². The molecule has 0 saturated heterocycles. The van der Waals surface area contributed by atoms with E-state index in [0.717, 1.165) is 5.56 Å². The van der Waals surface area contributed by atoms with Crippen molar-refractivity contribution in [1.82, 2.24) is 9.55 Å². The third kappa shape index (κ3) is 5.93. The number of aromatic nitrogens is 2. The quantitative estimate of drug-likeness (QED) is 0.397. The van der Waals surface area contributed by atoms with Gasteiger partial charge in [-0.25, -0.2) is 14.6 Å². The second-order valence-electron chi connectivity index (χ2n) is 5.58. The Labute approximate surface area is 160 Å². The zero-order valence-electron chi connectivity index (χ0n) is 14.2. The Bertz CT molecular complexity index is 743. The number of imidazole rings is 1. The SMILES string of the molecule is C[C@H](c1ccccc1)n1cncc1C(=O)OCOC(=O)OCC(C)(Cl)Cl. The topological polar surface area (TPSA) is 79.7 Å². The Morgan fingerprint density at radius 2 is 1.88 bits per heavy atom. The van der Waals surface area contributed by atoms with Crippen molar-refractivity contribution in [3.05, 3.63) is 54.1 Å². The zero-order chi connectivity index (χ0) is 19.2. The molecule has 0 N–H and O–H groups in total. The van der Waals surface area contributed by atoms with Crippen molar-refractivity contribution >= 4 is 35.3 Å². The Balaban J connectivity index is 1.89. The molecule has 0 amide bonds. The van der Waals surface area contributed by atoms with Gasteiger partial charge in [0.2, 0.25) is 6.79 Å². The summed E-state index contributed by atoms with van der Waals surface area (Å²) < 4.78 is 14.7. The normalized spacial score (nSPS) is 12.3. The molecule has 0 aliphatic carbocycles. The van der Waals surface area contributed by atoms with Gasteiger partial charge >= 0.3 is 12.1 Å². The third-order valence-corrected chi connectivity index (χ3v) is 3.60. The first kappa shape index (κ1) is 20.1. The van der Waals surface area contributed by atoms with Crippen molar-refractivity contribution in [3.63, 3.8) is 0 Å². The predicted molar refractivity (Wildman–Crippen MR) is 95.3 cm³/mol. The number of carbonyl (C=O) groups excluding carboxylic acids is 2. The van der Waals surface area contributed by atoms with Crippen LogP contribution in [0.5, 0.6) is 0 Å². The summed E-state index contributed by atoms with van der Waals surface area (Å²) >= 11 is 11.3. The van der Waals surface area contributed by atoms with E-state index >= 15 is 0 Å². The highest BCUT2D eigenvalue weighted by Gasteiger charge is 2.21. The van der Waals surface area contributed by atoms with Gasteiger partial charge in [0, 0.05) is 0 Å². The van der Waals surface area contributed by atoms with Gasteiger partial charge in [0.25, 0.3) is 0 Å². The molecule has 9 heteroatoms. The van der Waals surface area contributed by atoms with Crippen LogP contribution in [-0.4, -0.2) is 39.4 Å². The maximum absolute atomic E-state index is 12.2. The molecule has 26 heavy (non-hydrogen) atoms. The van der Waals surface area contributed by atoms with Gasteiger partial charge in [-0.1, -0.05) is 53.5 Å². The summed E-state index contributed by atoms with van der Waals surface area (Å²) in [6.45, 7) is 2.52. The second-order valence-corrected chi connectivity index (χ2v) is 7.44. The second kappa shape index (κ2) is 8.91. The number of rotatable bonds is 7. The van der Waals surface area contributed by atoms with Crippen molar-refractivity contribution < 1.29 is 23.8 Å². The summed E-state index contributed by atoms with van der Waals surface area (Å²) in [5, 5.41) is 0. The van der Waals surface area contributed by atoms with Crippen LogP contribution in [0.4, 0.5) is 4.79 Å². The number of ether oxygens (including phenoxy) is 3. The average molecular weight is 401 g/mol. The number of alkyl halides is 2. The van der Waals surface area contributed by atoms with E-state index in [1.807, 2.05) is 37.3 Å². The lowest BCUT2D eigenvalue weighted by Gasteiger charge is -2.16. The highest BCUT2D eigenvalue weighted by atomic mass is 35.5. The lowest BCUT2D eigenvalue weighted by molar-refractivity contribution is -0.0284. The fraction of sp³-hybridized carbons (Fsp3) is 0.353. The first-order valence-electron chi connectivity index (χ1n) is 7.69. The standard InChI is InChI=1S/C17H18Cl2N2O5/c1-12(13-6-4-3-5-7-13)21-10-20-8-14(21)15(22)25-11-26-16(23)24-9-17(2,18)19/h3-8,10,12H,9,11H2,1-2H3/t12-/m1/s1. The summed E-state index contributed by atoms with van der Waals surface area (Å²) in [7, 11) is 0. The average Bonchev–Trinajstić information content (AvgIpc) is 3.09. The van der Waals surface area contributed by atoms with Crippen LogP contribution in [-0.2, 0) is 14.2 Å². The fourth-order valence-electron chi connectivity index (χ4n) is 2.10. The first-order chi connectivity index (χ1) is 12.3. The van der Waals surface area contributed by atoms with Gasteiger partial charge in [-0.05, 0) is 19.4 Å². The van der Waals surface area contributed by atoms with E-state index in [-0.39, 0.29) is 18.3 Å². The van der Waals surface area contributed by atoms with Crippen LogP contribution in [0.2, 0.25) is 0 Å². The van der Waals surface area contributed by atoms with E-state index in [1.165, 1.54) is 19.4 Å². The molecule has 0 saturated carbocycles. The Morgan fingerprint density at radius 1 is 1.19 bits per heavy atom. The molecule has 0 aliphatic heterocycles. The summed E-state index contributed by atoms with van der Waals surface area (Å²) in [6.07, 6.45) is 1.87. The number of esters is 1. The van der Waals surface area contributed by atoms with Crippen molar-refractivity contribution in [2.75, 3.05) is 13.4 Å². The summed E-state index contributed by atoms with van der Waals surface area (Å²) in [5.74, 6) is -0.683. The van der Waals surface area contributed by atoms with Crippen molar-refractivity contribution in [3.8, 4) is 0 Å². The van der Waals surface area contributed by atoms with Gasteiger partial charge in [0.15, 0.2) is 0 Å². The maximum Gasteiger partial charge on any atom is 0.511 e. The highest BCUT2D eigenvalue weighted by molar-refractivity contribution is 6.48. The summed E-state index contributed by atoms with van der Waals surface area (Å²) in [5.41, 5.74) is 1.23. The Kier molecular flexibility index (Phi) is 6.88. The van der Waals surface area contributed by atoms with E-state index < -0.39 is 23.3 Å². The molecule has 0 bridgehead atoms. The molecule has 140 valence electrons. The molecule has 0 spiro atoms. The monoisotopic (exact) mass is 400 g/mol. The molecular formula is C17H18Cl2N2O5. The van der Waals surface area contributed by atoms with Crippen molar-refractivity contribution in [2.24, 2.45) is 0 Å². The molecule has 0 fully saturated rings. The van der Waals surface area contributed by atoms with E-state index in [4.69, 9.17) is 27.9 Å². The molecule has 0 radical (unpaired) electrons. The fourth-order valence-corrected chi connectivity index (χ4v) is 2.20. The van der Waals surface area contributed by atoms with E-state index in [0.29, 0.717) is 0 Å². The molecule has 2 rings (SSSR count). The molecule has 1 aromatic heterocycles. The minimum Gasteiger partial charge on any atom is -0.431 e. The molecule has 1 aromatic carbocycles. The molecule has 0 aliphatic rings. The predicted octanol–water partition coefficient (Wildman–Crippen LogP) is 3.95. The van der Waals surface area contributed by atoms with Crippen LogP contribution in [0.15, 0.2) is 42.9 Å². The van der Waals surface area contributed by atoms with Gasteiger partial charge < -0.3 is 18.8 Å². The largest absolute Gasteiger partial charge is 0.511 e. The molecule has 2 aromatic rings. The maximum atomic E-state index is 12.2. The van der Waals surface area contributed by atoms with Crippen LogP contribution in [0.25, 0.3) is 0 Å². The highest BCUT2D eigenvalue weighted by Crippen LogP contribution is 2.20. The van der Waals surface area contributed by atoms with E-state index in [1.54, 1.807) is 4.57 Å². The van der Waals surface area contributed by atoms with Gasteiger partial charge in [-0.3, -0.25) is 0 Å². The summed E-state index contributed by atoms with van der Waals surface area (Å²) in [4.78, 5) is 27.5. The third-order valence-electron chi connectivity index (χ3n) is 3.38. The van der Waals surface area contributed by atoms with Gasteiger partial charge in [-0.15, -0.1) is 0 Å². The van der Waals surface area contributed by atoms with Gasteiger partial charge in [-0.2, -0.15) is 0 Å². The molecule has 7 nitrogen and oxygen atoms in total. The van der Waals surface area contributed by atoms with Crippen molar-refractivity contribution in [2.45, 2.75) is 24.2 Å². The van der Waals surface area contributed by atoms with Crippen molar-refractivity contribution in [1.29, 1.82) is 0 Å². The van der Waals surface area contributed by atoms with E-state index in [2.05, 4.69) is 14.5 Å². The van der Waals surface area contributed by atoms with Crippen LogP contribution >= 0.6 is 23.2 Å². The molecule has 0 unspecified atom stereocenters. The number of benzene rings is 1. The smallest absolute Gasteiger partial charge is 0.431 e. The minimum absolute atomic E-state index is 0.128. The lowest BCUT2D eigenvalue weighted by atomic mass is 10.1. The van der Waals surface area contributed by atoms with Gasteiger partial charge in [0.05, 0.1) is 18.6 Å². The zero-order valence-corrected chi connectivity index (χ0v) is 15.7. The number of halogens is 2. The molecular weight excluding hydrogens is 383 g/mol. The van der Waals surface area contributed by atoms with Gasteiger partial charge in [0.1, 0.15) is 16.6 Å².